The van der Waals surface area contributed by atoms with E-state index in [0.717, 1.165) is 60.9 Å². The fourth-order valence-electron chi connectivity index (χ4n) is 9.99. The number of furan rings is 1. The summed E-state index contributed by atoms with van der Waals surface area (Å²) < 4.78 is 6.64. The second kappa shape index (κ2) is 14.1. The van der Waals surface area contributed by atoms with Crippen LogP contribution in [0.5, 0.6) is 0 Å². The van der Waals surface area contributed by atoms with E-state index in [1.54, 1.807) is 6.20 Å². The lowest BCUT2D eigenvalue weighted by Crippen LogP contribution is -2.28. The highest BCUT2D eigenvalue weighted by molar-refractivity contribution is 6.22. The fraction of sp³-hybridized carbons (Fsp3) is 0.0172. The van der Waals surface area contributed by atoms with Gasteiger partial charge in [0.15, 0.2) is 0 Å². The van der Waals surface area contributed by atoms with E-state index in [-0.39, 0.29) is 0 Å². The number of benzene rings is 9. The molecule has 1 aliphatic rings. The Balaban J connectivity index is 1.22. The van der Waals surface area contributed by atoms with Crippen LogP contribution in [0.4, 0.5) is 17.1 Å². The lowest BCUT2D eigenvalue weighted by Gasteiger charge is -2.35. The quantitative estimate of drug-likeness (QED) is 0.161. The summed E-state index contributed by atoms with van der Waals surface area (Å²) in [6, 6.07) is 81.5. The smallest absolute Gasteiger partial charge is 0.227 e. The van der Waals surface area contributed by atoms with Crippen LogP contribution < -0.4 is 4.90 Å². The van der Waals surface area contributed by atoms with Crippen LogP contribution in [0, 0.1) is 0 Å². The van der Waals surface area contributed by atoms with E-state index >= 15 is 0 Å². The first kappa shape index (κ1) is 35.0. The van der Waals surface area contributed by atoms with Crippen LogP contribution in [0.2, 0.25) is 0 Å². The van der Waals surface area contributed by atoms with E-state index in [2.05, 4.69) is 228 Å². The maximum Gasteiger partial charge on any atom is 0.227 e. The molecule has 2 heterocycles. The predicted molar refractivity (Wildman–Crippen MR) is 252 cm³/mol. The Morgan fingerprint density at radius 2 is 0.967 bits per heavy atom. The van der Waals surface area contributed by atoms with E-state index in [0.29, 0.717) is 5.71 Å². The van der Waals surface area contributed by atoms with Crippen molar-refractivity contribution in [2.45, 2.75) is 5.41 Å². The number of pyridine rings is 1. The van der Waals surface area contributed by atoms with Gasteiger partial charge < -0.3 is 9.32 Å². The molecule has 2 aromatic heterocycles. The topological polar surface area (TPSA) is 29.3 Å². The zero-order valence-electron chi connectivity index (χ0n) is 33.2. The van der Waals surface area contributed by atoms with Crippen molar-refractivity contribution in [2.24, 2.45) is 0 Å². The highest BCUT2D eigenvalue weighted by Gasteiger charge is 2.47. The number of anilines is 3. The molecule has 0 atom stereocenters. The summed E-state index contributed by atoms with van der Waals surface area (Å²) in [5.41, 5.74) is 16.0. The fourth-order valence-corrected chi connectivity index (χ4v) is 9.99. The third-order valence-corrected chi connectivity index (χ3v) is 12.6. The molecule has 0 unspecified atom stereocenters. The zero-order valence-corrected chi connectivity index (χ0v) is 33.2. The largest absolute Gasteiger partial charge is 0.438 e. The van der Waals surface area contributed by atoms with Crippen molar-refractivity contribution in [2.75, 3.05) is 4.90 Å². The highest BCUT2D eigenvalue weighted by Crippen LogP contribution is 2.59. The summed E-state index contributed by atoms with van der Waals surface area (Å²) in [5.74, 6) is 0. The molecule has 0 bridgehead atoms. The molecule has 0 spiro atoms. The van der Waals surface area contributed by atoms with Gasteiger partial charge >= 0.3 is 0 Å². The first-order chi connectivity index (χ1) is 30.3. The zero-order chi connectivity index (χ0) is 40.3. The standard InChI is InChI=1S/C58H38N2O/c1-5-18-39(19-6-1)40-31-33-44(34-32-40)60(54-38-55-56(47-28-14-13-27-46(47)54)48-29-17-35-59-57(48)61-55)53-37-52-50(36-49(53)41-20-7-2-8-21-41)45-26-15-16-30-51(45)58(52,42-22-9-3-10-23-42)43-24-11-4-12-25-43/h1-38H. The monoisotopic (exact) mass is 778 g/mol. The van der Waals surface area contributed by atoms with Crippen LogP contribution in [0.3, 0.4) is 0 Å². The first-order valence-electron chi connectivity index (χ1n) is 20.9. The molecule has 3 heteroatoms. The molecule has 0 radical (unpaired) electrons. The molecule has 0 saturated heterocycles. The third-order valence-electron chi connectivity index (χ3n) is 12.6. The van der Waals surface area contributed by atoms with E-state index in [9.17, 15) is 0 Å². The molecule has 286 valence electrons. The molecule has 3 nitrogen and oxygen atoms in total. The Labute approximate surface area is 354 Å². The summed E-state index contributed by atoms with van der Waals surface area (Å²) in [6.07, 6.45) is 1.80. The first-order valence-corrected chi connectivity index (χ1v) is 20.9. The summed E-state index contributed by atoms with van der Waals surface area (Å²) in [5, 5.41) is 4.32. The van der Waals surface area contributed by atoms with Gasteiger partial charge in [-0.05, 0) is 91.9 Å². The Morgan fingerprint density at radius 1 is 0.393 bits per heavy atom. The molecule has 0 amide bonds. The number of hydrogen-bond acceptors (Lipinski definition) is 3. The van der Waals surface area contributed by atoms with Gasteiger partial charge in [0.05, 0.1) is 16.8 Å². The van der Waals surface area contributed by atoms with Crippen molar-refractivity contribution >= 4 is 49.9 Å². The summed E-state index contributed by atoms with van der Waals surface area (Å²) in [6.45, 7) is 0. The van der Waals surface area contributed by atoms with Crippen LogP contribution in [-0.4, -0.2) is 4.98 Å². The van der Waals surface area contributed by atoms with Crippen LogP contribution in [-0.2, 0) is 5.41 Å². The maximum atomic E-state index is 6.64. The van der Waals surface area contributed by atoms with Gasteiger partial charge in [-0.2, -0.15) is 0 Å². The van der Waals surface area contributed by atoms with Gasteiger partial charge in [0.25, 0.3) is 0 Å². The minimum absolute atomic E-state index is 0.586. The number of hydrogen-bond donors (Lipinski definition) is 0. The molecule has 0 saturated carbocycles. The molecule has 11 aromatic rings. The van der Waals surface area contributed by atoms with Gasteiger partial charge in [-0.25, -0.2) is 4.98 Å². The third kappa shape index (κ3) is 5.41. The van der Waals surface area contributed by atoms with Crippen LogP contribution in [0.25, 0.3) is 66.2 Å². The Morgan fingerprint density at radius 3 is 1.67 bits per heavy atom. The van der Waals surface area contributed by atoms with E-state index in [1.165, 1.54) is 38.9 Å². The van der Waals surface area contributed by atoms with Crippen molar-refractivity contribution in [3.05, 3.63) is 253 Å². The Kier molecular flexibility index (Phi) is 8.07. The molecule has 0 N–H and O–H groups in total. The van der Waals surface area contributed by atoms with Crippen LogP contribution in [0.15, 0.2) is 235 Å². The second-order valence-corrected chi connectivity index (χ2v) is 15.8. The van der Waals surface area contributed by atoms with E-state index in [1.807, 2.05) is 6.07 Å². The minimum Gasteiger partial charge on any atom is -0.438 e. The van der Waals surface area contributed by atoms with E-state index in [4.69, 9.17) is 4.42 Å². The van der Waals surface area contributed by atoms with Gasteiger partial charge in [-0.15, -0.1) is 0 Å². The van der Waals surface area contributed by atoms with Crippen LogP contribution >= 0.6 is 0 Å². The Bertz CT molecular complexity index is 3350. The minimum atomic E-state index is -0.586. The van der Waals surface area contributed by atoms with Crippen molar-refractivity contribution in [3.8, 4) is 33.4 Å². The molecular weight excluding hydrogens is 741 g/mol. The molecule has 1 aliphatic carbocycles. The second-order valence-electron chi connectivity index (χ2n) is 15.8. The summed E-state index contributed by atoms with van der Waals surface area (Å²) >= 11 is 0. The number of fused-ring (bicyclic) bond motifs is 8. The average molecular weight is 779 g/mol. The van der Waals surface area contributed by atoms with E-state index < -0.39 is 5.41 Å². The predicted octanol–water partition coefficient (Wildman–Crippen LogP) is 15.3. The normalized spacial score (nSPS) is 12.7. The average Bonchev–Trinajstić information content (AvgIpc) is 3.86. The van der Waals surface area contributed by atoms with Gasteiger partial charge in [0, 0.05) is 39.7 Å². The molecule has 9 aromatic carbocycles. The van der Waals surface area contributed by atoms with Gasteiger partial charge in [0.1, 0.15) is 5.58 Å². The highest BCUT2D eigenvalue weighted by atomic mass is 16.3. The lowest BCUT2D eigenvalue weighted by atomic mass is 9.67. The number of nitrogens with zero attached hydrogens (tertiary/aromatic N) is 2. The summed E-state index contributed by atoms with van der Waals surface area (Å²) in [4.78, 5) is 7.12. The Hall–Kier alpha value is -8.01. The number of rotatable bonds is 7. The summed E-state index contributed by atoms with van der Waals surface area (Å²) in [7, 11) is 0. The van der Waals surface area contributed by atoms with Gasteiger partial charge in [0.2, 0.25) is 5.71 Å². The van der Waals surface area contributed by atoms with Crippen molar-refractivity contribution in [3.63, 3.8) is 0 Å². The van der Waals surface area contributed by atoms with Crippen molar-refractivity contribution in [1.29, 1.82) is 0 Å². The van der Waals surface area contributed by atoms with Gasteiger partial charge in [-0.3, -0.25) is 0 Å². The molecule has 0 aliphatic heterocycles. The molecule has 61 heavy (non-hydrogen) atoms. The number of aromatic nitrogens is 1. The maximum absolute atomic E-state index is 6.64. The lowest BCUT2D eigenvalue weighted by molar-refractivity contribution is 0.654. The molecule has 0 fully saturated rings. The van der Waals surface area contributed by atoms with Crippen LogP contribution in [0.1, 0.15) is 22.3 Å². The van der Waals surface area contributed by atoms with Gasteiger partial charge in [-0.1, -0.05) is 182 Å². The van der Waals surface area contributed by atoms with Crippen molar-refractivity contribution < 1.29 is 4.42 Å². The SMILES string of the molecule is c1ccc(-c2ccc(N(c3cc4c(cc3-c3ccccc3)-c3ccccc3C4(c3ccccc3)c3ccccc3)c3cc4oc5ncccc5c4c4ccccc34)cc2)cc1. The van der Waals surface area contributed by atoms with Crippen molar-refractivity contribution in [1.82, 2.24) is 4.98 Å². The molecule has 12 rings (SSSR count). The molecular formula is C58H38N2O.